The molecule has 0 aliphatic carbocycles. The van der Waals surface area contributed by atoms with Crippen molar-refractivity contribution in [2.24, 2.45) is 5.92 Å². The fraction of sp³-hybridized carbons (Fsp3) is 0.350. The number of benzene rings is 1. The molecule has 25 heavy (non-hydrogen) atoms. The Bertz CT molecular complexity index is 741. The molecule has 1 fully saturated rings. The third-order valence-electron chi connectivity index (χ3n) is 4.58. The molecule has 0 saturated carbocycles. The molecule has 5 nitrogen and oxygen atoms in total. The quantitative estimate of drug-likeness (QED) is 0.912. The van der Waals surface area contributed by atoms with Gasteiger partial charge in [0.1, 0.15) is 0 Å². The lowest BCUT2D eigenvalue weighted by molar-refractivity contribution is -0.126. The van der Waals surface area contributed by atoms with E-state index in [-0.39, 0.29) is 24.2 Å². The van der Waals surface area contributed by atoms with Crippen molar-refractivity contribution in [3.63, 3.8) is 0 Å². The molecule has 130 valence electrons. The van der Waals surface area contributed by atoms with Crippen molar-refractivity contribution in [3.8, 4) is 0 Å². The Balaban J connectivity index is 1.60. The standard InChI is InChI=1S/C20H23N3O2/c1-14(2)16-3-5-18(6-4-16)23-13-17(11-19(23)24)20(25)22-12-15-7-9-21-10-8-15/h3-10,14,17H,11-13H2,1-2H3,(H,22,25)/t17-/m0/s1. The molecule has 1 aromatic carbocycles. The first-order chi connectivity index (χ1) is 12.0. The first-order valence-electron chi connectivity index (χ1n) is 8.61. The molecule has 1 aliphatic heterocycles. The predicted octanol–water partition coefficient (Wildman–Crippen LogP) is 2.87. The predicted molar refractivity (Wildman–Crippen MR) is 97.1 cm³/mol. The number of nitrogens with one attached hydrogen (secondary N) is 1. The molecule has 1 aromatic heterocycles. The maximum atomic E-state index is 12.4. The molecular formula is C20H23N3O2. The number of rotatable bonds is 5. The number of hydrogen-bond donors (Lipinski definition) is 1. The van der Waals surface area contributed by atoms with Crippen molar-refractivity contribution in [2.45, 2.75) is 32.7 Å². The highest BCUT2D eigenvalue weighted by Gasteiger charge is 2.34. The van der Waals surface area contributed by atoms with Crippen LogP contribution in [0.1, 0.15) is 37.3 Å². The monoisotopic (exact) mass is 337 g/mol. The smallest absolute Gasteiger partial charge is 0.227 e. The van der Waals surface area contributed by atoms with Crippen molar-refractivity contribution < 1.29 is 9.59 Å². The van der Waals surface area contributed by atoms with Gasteiger partial charge in [0.05, 0.1) is 5.92 Å². The molecule has 0 spiro atoms. The normalized spacial score (nSPS) is 17.2. The van der Waals surface area contributed by atoms with E-state index in [1.165, 1.54) is 5.56 Å². The Kier molecular flexibility index (Phi) is 5.12. The van der Waals surface area contributed by atoms with Crippen LogP contribution < -0.4 is 10.2 Å². The van der Waals surface area contributed by atoms with Gasteiger partial charge in [0.25, 0.3) is 0 Å². The lowest BCUT2D eigenvalue weighted by atomic mass is 10.0. The Morgan fingerprint density at radius 2 is 1.88 bits per heavy atom. The summed E-state index contributed by atoms with van der Waals surface area (Å²) in [6.07, 6.45) is 3.65. The third kappa shape index (κ3) is 4.05. The summed E-state index contributed by atoms with van der Waals surface area (Å²) in [5, 5.41) is 2.91. The Morgan fingerprint density at radius 1 is 1.20 bits per heavy atom. The van der Waals surface area contributed by atoms with Gasteiger partial charge < -0.3 is 10.2 Å². The number of pyridine rings is 1. The van der Waals surface area contributed by atoms with Crippen LogP contribution in [0, 0.1) is 5.92 Å². The number of hydrogen-bond acceptors (Lipinski definition) is 3. The maximum Gasteiger partial charge on any atom is 0.227 e. The van der Waals surface area contributed by atoms with Crippen LogP contribution in [-0.4, -0.2) is 23.3 Å². The minimum Gasteiger partial charge on any atom is -0.352 e. The Hall–Kier alpha value is -2.69. The van der Waals surface area contributed by atoms with E-state index < -0.39 is 0 Å². The van der Waals surface area contributed by atoms with E-state index in [1.807, 2.05) is 36.4 Å². The number of nitrogens with zero attached hydrogens (tertiary/aromatic N) is 2. The van der Waals surface area contributed by atoms with Crippen LogP contribution in [0.15, 0.2) is 48.8 Å². The lowest BCUT2D eigenvalue weighted by Crippen LogP contribution is -2.32. The molecular weight excluding hydrogens is 314 g/mol. The highest BCUT2D eigenvalue weighted by molar-refractivity contribution is 6.00. The molecule has 0 unspecified atom stereocenters. The number of aromatic nitrogens is 1. The second-order valence-electron chi connectivity index (χ2n) is 6.72. The van der Waals surface area contributed by atoms with Crippen LogP contribution in [0.3, 0.4) is 0 Å². The van der Waals surface area contributed by atoms with Gasteiger partial charge in [-0.05, 0) is 41.3 Å². The van der Waals surface area contributed by atoms with Crippen LogP contribution in [0.2, 0.25) is 0 Å². The van der Waals surface area contributed by atoms with E-state index in [0.717, 1.165) is 11.3 Å². The van der Waals surface area contributed by atoms with Crippen molar-refractivity contribution in [2.75, 3.05) is 11.4 Å². The van der Waals surface area contributed by atoms with Gasteiger partial charge in [-0.2, -0.15) is 0 Å². The molecule has 1 saturated heterocycles. The average molecular weight is 337 g/mol. The zero-order valence-corrected chi connectivity index (χ0v) is 14.6. The molecule has 3 rings (SSSR count). The SMILES string of the molecule is CC(C)c1ccc(N2C[C@@H](C(=O)NCc3ccncc3)CC2=O)cc1. The fourth-order valence-electron chi connectivity index (χ4n) is 3.01. The zero-order chi connectivity index (χ0) is 17.8. The molecule has 1 atom stereocenters. The van der Waals surface area contributed by atoms with Crippen molar-refractivity contribution in [1.82, 2.24) is 10.3 Å². The summed E-state index contributed by atoms with van der Waals surface area (Å²) in [7, 11) is 0. The highest BCUT2D eigenvalue weighted by atomic mass is 16.2. The van der Waals surface area contributed by atoms with Gasteiger partial charge in [-0.1, -0.05) is 26.0 Å². The van der Waals surface area contributed by atoms with Gasteiger partial charge in [0.2, 0.25) is 11.8 Å². The molecule has 0 radical (unpaired) electrons. The van der Waals surface area contributed by atoms with E-state index in [1.54, 1.807) is 17.3 Å². The summed E-state index contributed by atoms with van der Waals surface area (Å²) in [5.41, 5.74) is 3.09. The number of anilines is 1. The molecule has 2 heterocycles. The first-order valence-corrected chi connectivity index (χ1v) is 8.61. The first kappa shape index (κ1) is 17.1. The van der Waals surface area contributed by atoms with E-state index in [0.29, 0.717) is 19.0 Å². The summed E-state index contributed by atoms with van der Waals surface area (Å²) < 4.78 is 0. The molecule has 2 amide bonds. The van der Waals surface area contributed by atoms with Gasteiger partial charge in [0.15, 0.2) is 0 Å². The summed E-state index contributed by atoms with van der Waals surface area (Å²) in [4.78, 5) is 30.4. The number of amides is 2. The number of carbonyl (C=O) groups excluding carboxylic acids is 2. The van der Waals surface area contributed by atoms with Crippen LogP contribution in [-0.2, 0) is 16.1 Å². The van der Waals surface area contributed by atoms with E-state index in [2.05, 4.69) is 24.1 Å². The summed E-state index contributed by atoms with van der Waals surface area (Å²) in [5.74, 6) is 0.0713. The van der Waals surface area contributed by atoms with Crippen LogP contribution in [0.5, 0.6) is 0 Å². The van der Waals surface area contributed by atoms with Crippen LogP contribution >= 0.6 is 0 Å². The molecule has 5 heteroatoms. The van der Waals surface area contributed by atoms with Crippen molar-refractivity contribution in [1.29, 1.82) is 0 Å². The van der Waals surface area contributed by atoms with Gasteiger partial charge in [0, 0.05) is 37.6 Å². The summed E-state index contributed by atoms with van der Waals surface area (Å²) in [6, 6.07) is 11.7. The van der Waals surface area contributed by atoms with Gasteiger partial charge >= 0.3 is 0 Å². The largest absolute Gasteiger partial charge is 0.352 e. The molecule has 1 aliphatic rings. The Morgan fingerprint density at radius 3 is 2.52 bits per heavy atom. The second-order valence-corrected chi connectivity index (χ2v) is 6.72. The maximum absolute atomic E-state index is 12.4. The van der Waals surface area contributed by atoms with Crippen LogP contribution in [0.4, 0.5) is 5.69 Å². The minimum atomic E-state index is -0.306. The lowest BCUT2D eigenvalue weighted by Gasteiger charge is -2.17. The van der Waals surface area contributed by atoms with E-state index >= 15 is 0 Å². The fourth-order valence-corrected chi connectivity index (χ4v) is 3.01. The van der Waals surface area contributed by atoms with Gasteiger partial charge in [-0.25, -0.2) is 0 Å². The van der Waals surface area contributed by atoms with Crippen LogP contribution in [0.25, 0.3) is 0 Å². The minimum absolute atomic E-state index is 0.00126. The van der Waals surface area contributed by atoms with Crippen molar-refractivity contribution >= 4 is 17.5 Å². The second kappa shape index (κ2) is 7.47. The zero-order valence-electron chi connectivity index (χ0n) is 14.6. The van der Waals surface area contributed by atoms with Gasteiger partial charge in [-0.3, -0.25) is 14.6 Å². The molecule has 1 N–H and O–H groups in total. The third-order valence-corrected chi connectivity index (χ3v) is 4.58. The number of carbonyl (C=O) groups is 2. The highest BCUT2D eigenvalue weighted by Crippen LogP contribution is 2.27. The topological polar surface area (TPSA) is 62.3 Å². The summed E-state index contributed by atoms with van der Waals surface area (Å²) >= 11 is 0. The molecule has 0 bridgehead atoms. The van der Waals surface area contributed by atoms with E-state index in [4.69, 9.17) is 0 Å². The molecule has 2 aromatic rings. The van der Waals surface area contributed by atoms with Gasteiger partial charge in [-0.15, -0.1) is 0 Å². The summed E-state index contributed by atoms with van der Waals surface area (Å²) in [6.45, 7) is 5.16. The van der Waals surface area contributed by atoms with Crippen molar-refractivity contribution in [3.05, 3.63) is 59.9 Å². The Labute approximate surface area is 148 Å². The van der Waals surface area contributed by atoms with E-state index in [9.17, 15) is 9.59 Å². The average Bonchev–Trinajstić information content (AvgIpc) is 3.02.